The highest BCUT2D eigenvalue weighted by atomic mass is 32.2. The Balaban J connectivity index is 1.85. The summed E-state index contributed by atoms with van der Waals surface area (Å²) in [6.07, 6.45) is 0. The van der Waals surface area contributed by atoms with E-state index in [9.17, 15) is 13.2 Å². The number of hydrogen-bond acceptors (Lipinski definition) is 4. The summed E-state index contributed by atoms with van der Waals surface area (Å²) in [4.78, 5) is 12.4. The average molecular weight is 382 g/mol. The summed E-state index contributed by atoms with van der Waals surface area (Å²) < 4.78 is 28.2. The number of rotatable bonds is 5. The molecule has 0 atom stereocenters. The normalized spacial score (nSPS) is 11.0. The van der Waals surface area contributed by atoms with Crippen LogP contribution in [0.15, 0.2) is 77.7 Å². The quantitative estimate of drug-likeness (QED) is 0.707. The molecule has 3 N–H and O–H groups in total. The lowest BCUT2D eigenvalue weighted by atomic mass is 10.1. The number of amides is 1. The minimum absolute atomic E-state index is 0.0798. The minimum Gasteiger partial charge on any atom is -0.496 e. The summed E-state index contributed by atoms with van der Waals surface area (Å²) in [7, 11) is -2.53. The van der Waals surface area contributed by atoms with Crippen molar-refractivity contribution in [2.45, 2.75) is 4.90 Å². The summed E-state index contributed by atoms with van der Waals surface area (Å²) >= 11 is 0. The van der Waals surface area contributed by atoms with Gasteiger partial charge in [-0.3, -0.25) is 4.79 Å². The van der Waals surface area contributed by atoms with Gasteiger partial charge < -0.3 is 10.1 Å². The Morgan fingerprint density at radius 1 is 0.926 bits per heavy atom. The second-order valence-electron chi connectivity index (χ2n) is 5.80. The first-order valence-corrected chi connectivity index (χ1v) is 9.61. The standard InChI is InChI=1S/C20H18N2O4S/c1-26-19-12-11-17(27(21,24)25)13-18(19)20(23)22-16-9-7-15(8-10-16)14-5-3-2-4-6-14/h2-13H,1H3,(H,22,23)(H2,21,24,25). The Kier molecular flexibility index (Phi) is 5.25. The number of carbonyl (C=O) groups excluding carboxylic acids is 1. The Hall–Kier alpha value is -3.16. The number of methoxy groups -OCH3 is 1. The fourth-order valence-electron chi connectivity index (χ4n) is 2.62. The van der Waals surface area contributed by atoms with Crippen LogP contribution in [0.2, 0.25) is 0 Å². The molecule has 0 bridgehead atoms. The highest BCUT2D eigenvalue weighted by molar-refractivity contribution is 7.89. The van der Waals surface area contributed by atoms with Gasteiger partial charge in [0.1, 0.15) is 5.75 Å². The van der Waals surface area contributed by atoms with Crippen LogP contribution in [0.25, 0.3) is 11.1 Å². The Morgan fingerprint density at radius 2 is 1.56 bits per heavy atom. The number of carbonyl (C=O) groups is 1. The molecule has 0 aromatic heterocycles. The number of ether oxygens (including phenoxy) is 1. The van der Waals surface area contributed by atoms with Crippen molar-refractivity contribution < 1.29 is 17.9 Å². The maximum atomic E-state index is 12.6. The number of nitrogens with one attached hydrogen (secondary N) is 1. The highest BCUT2D eigenvalue weighted by Crippen LogP contribution is 2.25. The Labute approximate surface area is 157 Å². The first kappa shape index (κ1) is 18.6. The van der Waals surface area contributed by atoms with Gasteiger partial charge >= 0.3 is 0 Å². The van der Waals surface area contributed by atoms with E-state index in [1.807, 2.05) is 42.5 Å². The first-order chi connectivity index (χ1) is 12.9. The van der Waals surface area contributed by atoms with E-state index < -0.39 is 15.9 Å². The van der Waals surface area contributed by atoms with Crippen molar-refractivity contribution in [2.75, 3.05) is 12.4 Å². The van der Waals surface area contributed by atoms with Gasteiger partial charge in [-0.05, 0) is 41.5 Å². The molecule has 3 aromatic carbocycles. The molecule has 0 aliphatic carbocycles. The first-order valence-electron chi connectivity index (χ1n) is 8.06. The molecule has 0 aliphatic rings. The predicted octanol–water partition coefficient (Wildman–Crippen LogP) is 3.26. The maximum absolute atomic E-state index is 12.6. The average Bonchev–Trinajstić information content (AvgIpc) is 2.68. The highest BCUT2D eigenvalue weighted by Gasteiger charge is 2.17. The lowest BCUT2D eigenvalue weighted by Crippen LogP contribution is -2.16. The van der Waals surface area contributed by atoms with Gasteiger partial charge in [-0.15, -0.1) is 0 Å². The second kappa shape index (κ2) is 7.61. The van der Waals surface area contributed by atoms with E-state index in [1.54, 1.807) is 12.1 Å². The molecule has 0 saturated heterocycles. The van der Waals surface area contributed by atoms with E-state index in [-0.39, 0.29) is 16.2 Å². The van der Waals surface area contributed by atoms with E-state index in [1.165, 1.54) is 25.3 Å². The number of primary sulfonamides is 1. The van der Waals surface area contributed by atoms with Gasteiger partial charge in [0.15, 0.2) is 0 Å². The van der Waals surface area contributed by atoms with Crippen LogP contribution in [0.3, 0.4) is 0 Å². The molecule has 0 heterocycles. The van der Waals surface area contributed by atoms with Crippen LogP contribution in [0.1, 0.15) is 10.4 Å². The summed E-state index contributed by atoms with van der Waals surface area (Å²) in [5.41, 5.74) is 2.74. The number of nitrogens with two attached hydrogens (primary N) is 1. The monoisotopic (exact) mass is 382 g/mol. The van der Waals surface area contributed by atoms with Crippen molar-refractivity contribution in [1.82, 2.24) is 0 Å². The number of benzene rings is 3. The van der Waals surface area contributed by atoms with Crippen LogP contribution in [-0.2, 0) is 10.0 Å². The molecule has 0 radical (unpaired) electrons. The number of anilines is 1. The van der Waals surface area contributed by atoms with E-state index in [0.717, 1.165) is 11.1 Å². The van der Waals surface area contributed by atoms with Gasteiger partial charge in [-0.2, -0.15) is 0 Å². The van der Waals surface area contributed by atoms with Gasteiger partial charge in [0.05, 0.1) is 17.6 Å². The largest absolute Gasteiger partial charge is 0.496 e. The predicted molar refractivity (Wildman–Crippen MR) is 104 cm³/mol. The molecule has 0 unspecified atom stereocenters. The maximum Gasteiger partial charge on any atom is 0.259 e. The molecule has 7 heteroatoms. The van der Waals surface area contributed by atoms with E-state index in [2.05, 4.69) is 5.32 Å². The fourth-order valence-corrected chi connectivity index (χ4v) is 3.16. The van der Waals surface area contributed by atoms with Gasteiger partial charge in [-0.1, -0.05) is 42.5 Å². The molecular formula is C20H18N2O4S. The summed E-state index contributed by atoms with van der Waals surface area (Å²) in [6, 6.07) is 21.1. The van der Waals surface area contributed by atoms with E-state index in [0.29, 0.717) is 5.69 Å². The van der Waals surface area contributed by atoms with Crippen LogP contribution in [0, 0.1) is 0 Å². The van der Waals surface area contributed by atoms with E-state index >= 15 is 0 Å². The lowest BCUT2D eigenvalue weighted by molar-refractivity contribution is 0.102. The smallest absolute Gasteiger partial charge is 0.259 e. The molecule has 0 fully saturated rings. The molecule has 0 aliphatic heterocycles. The third kappa shape index (κ3) is 4.33. The molecule has 0 saturated carbocycles. The minimum atomic E-state index is -3.93. The summed E-state index contributed by atoms with van der Waals surface area (Å²) in [5, 5.41) is 7.88. The molecule has 27 heavy (non-hydrogen) atoms. The third-order valence-electron chi connectivity index (χ3n) is 3.99. The van der Waals surface area contributed by atoms with Crippen LogP contribution in [0.5, 0.6) is 5.75 Å². The van der Waals surface area contributed by atoms with E-state index in [4.69, 9.17) is 9.88 Å². The molecule has 3 rings (SSSR count). The molecule has 3 aromatic rings. The van der Waals surface area contributed by atoms with Crippen LogP contribution < -0.4 is 15.2 Å². The second-order valence-corrected chi connectivity index (χ2v) is 7.37. The van der Waals surface area contributed by atoms with Crippen molar-refractivity contribution >= 4 is 21.6 Å². The van der Waals surface area contributed by atoms with Gasteiger partial charge in [-0.25, -0.2) is 13.6 Å². The van der Waals surface area contributed by atoms with Crippen LogP contribution >= 0.6 is 0 Å². The zero-order valence-corrected chi connectivity index (χ0v) is 15.4. The fraction of sp³-hybridized carbons (Fsp3) is 0.0500. The Morgan fingerprint density at radius 3 is 2.15 bits per heavy atom. The topological polar surface area (TPSA) is 98.5 Å². The summed E-state index contributed by atoms with van der Waals surface area (Å²) in [6.45, 7) is 0. The Bertz CT molecular complexity index is 1060. The van der Waals surface area contributed by atoms with Gasteiger partial charge in [0, 0.05) is 5.69 Å². The zero-order chi connectivity index (χ0) is 19.4. The van der Waals surface area contributed by atoms with Crippen molar-refractivity contribution in [3.8, 4) is 16.9 Å². The molecule has 6 nitrogen and oxygen atoms in total. The van der Waals surface area contributed by atoms with Crippen LogP contribution in [-0.4, -0.2) is 21.4 Å². The number of hydrogen-bond donors (Lipinski definition) is 2. The van der Waals surface area contributed by atoms with Gasteiger partial charge in [0.25, 0.3) is 5.91 Å². The van der Waals surface area contributed by atoms with Crippen molar-refractivity contribution in [3.05, 3.63) is 78.4 Å². The van der Waals surface area contributed by atoms with Crippen molar-refractivity contribution in [2.24, 2.45) is 5.14 Å². The molecular weight excluding hydrogens is 364 g/mol. The van der Waals surface area contributed by atoms with Crippen molar-refractivity contribution in [3.63, 3.8) is 0 Å². The zero-order valence-electron chi connectivity index (χ0n) is 14.5. The van der Waals surface area contributed by atoms with Gasteiger partial charge in [0.2, 0.25) is 10.0 Å². The molecule has 0 spiro atoms. The lowest BCUT2D eigenvalue weighted by Gasteiger charge is -2.11. The molecule has 138 valence electrons. The third-order valence-corrected chi connectivity index (χ3v) is 4.90. The molecule has 1 amide bonds. The van der Waals surface area contributed by atoms with Crippen LogP contribution in [0.4, 0.5) is 5.69 Å². The summed E-state index contributed by atoms with van der Waals surface area (Å²) in [5.74, 6) is -0.245. The number of sulfonamides is 1. The van der Waals surface area contributed by atoms with Crippen molar-refractivity contribution in [1.29, 1.82) is 0 Å². The SMILES string of the molecule is COc1ccc(S(N)(=O)=O)cc1C(=O)Nc1ccc(-c2ccccc2)cc1.